The Morgan fingerprint density at radius 3 is 2.69 bits per heavy atom. The van der Waals surface area contributed by atoms with Crippen molar-refractivity contribution in [1.82, 2.24) is 9.38 Å². The molecule has 3 heteroatoms. The molecular formula is C10H13BrN2. The summed E-state index contributed by atoms with van der Waals surface area (Å²) in [5, 5.41) is 0. The standard InChI is InChI=1S/C8H7BrN2.C2H6/c1-6-5-11-4-2-3-7(9)8(11)10-6;1-2/h2-5H,1H3;1-2H3. The minimum atomic E-state index is 0.977. The fourth-order valence-corrected chi connectivity index (χ4v) is 1.55. The predicted octanol–water partition coefficient (Wildman–Crippen LogP) is 3.43. The zero-order valence-electron chi connectivity index (χ0n) is 8.08. The fourth-order valence-electron chi connectivity index (χ4n) is 1.10. The average molecular weight is 241 g/mol. The van der Waals surface area contributed by atoms with Crippen LogP contribution in [0, 0.1) is 6.92 Å². The molecule has 0 aliphatic heterocycles. The number of imidazole rings is 1. The van der Waals surface area contributed by atoms with Crippen molar-refractivity contribution in [3.05, 3.63) is 34.7 Å². The Bertz CT molecular complexity index is 393. The van der Waals surface area contributed by atoms with E-state index in [9.17, 15) is 0 Å². The minimum Gasteiger partial charge on any atom is -0.306 e. The van der Waals surface area contributed by atoms with E-state index in [0.29, 0.717) is 0 Å². The van der Waals surface area contributed by atoms with E-state index in [1.807, 2.05) is 49.7 Å². The summed E-state index contributed by atoms with van der Waals surface area (Å²) in [7, 11) is 0. The molecule has 0 amide bonds. The molecule has 0 unspecified atom stereocenters. The molecule has 0 bridgehead atoms. The van der Waals surface area contributed by atoms with E-state index < -0.39 is 0 Å². The normalized spacial score (nSPS) is 9.54. The third-order valence-electron chi connectivity index (χ3n) is 1.56. The highest BCUT2D eigenvalue weighted by molar-refractivity contribution is 9.10. The first-order valence-corrected chi connectivity index (χ1v) is 5.16. The van der Waals surface area contributed by atoms with E-state index in [-0.39, 0.29) is 0 Å². The first-order chi connectivity index (χ1) is 6.27. The van der Waals surface area contributed by atoms with Gasteiger partial charge in [-0.25, -0.2) is 4.98 Å². The van der Waals surface area contributed by atoms with Gasteiger partial charge >= 0.3 is 0 Å². The Labute approximate surface area is 86.7 Å². The lowest BCUT2D eigenvalue weighted by Gasteiger charge is -1.92. The van der Waals surface area contributed by atoms with Crippen LogP contribution in [0.4, 0.5) is 0 Å². The van der Waals surface area contributed by atoms with Gasteiger partial charge in [-0.15, -0.1) is 0 Å². The van der Waals surface area contributed by atoms with Crippen LogP contribution in [0.5, 0.6) is 0 Å². The molecule has 0 saturated heterocycles. The maximum atomic E-state index is 4.33. The van der Waals surface area contributed by atoms with E-state index >= 15 is 0 Å². The highest BCUT2D eigenvalue weighted by Crippen LogP contribution is 2.16. The second-order valence-corrected chi connectivity index (χ2v) is 3.32. The molecule has 0 spiro atoms. The van der Waals surface area contributed by atoms with Gasteiger partial charge in [-0.2, -0.15) is 0 Å². The SMILES string of the molecule is CC.Cc1cn2cccc(Br)c2n1. The molecule has 0 aliphatic carbocycles. The zero-order valence-corrected chi connectivity index (χ0v) is 9.67. The molecule has 2 rings (SSSR count). The van der Waals surface area contributed by atoms with Gasteiger partial charge in [0.15, 0.2) is 5.65 Å². The van der Waals surface area contributed by atoms with Gasteiger partial charge in [-0.3, -0.25) is 0 Å². The minimum absolute atomic E-state index is 0.977. The largest absolute Gasteiger partial charge is 0.306 e. The van der Waals surface area contributed by atoms with Crippen molar-refractivity contribution in [2.45, 2.75) is 20.8 Å². The molecule has 2 aromatic rings. The van der Waals surface area contributed by atoms with E-state index in [2.05, 4.69) is 20.9 Å². The second-order valence-electron chi connectivity index (χ2n) is 2.47. The Hall–Kier alpha value is -0.830. The molecule has 0 saturated carbocycles. The summed E-state index contributed by atoms with van der Waals surface area (Å²) in [4.78, 5) is 4.33. The quantitative estimate of drug-likeness (QED) is 0.690. The molecule has 0 aromatic carbocycles. The number of aryl methyl sites for hydroxylation is 1. The van der Waals surface area contributed by atoms with Gasteiger partial charge in [0, 0.05) is 12.4 Å². The van der Waals surface area contributed by atoms with Crippen molar-refractivity contribution in [2.75, 3.05) is 0 Å². The van der Waals surface area contributed by atoms with Crippen molar-refractivity contribution in [2.24, 2.45) is 0 Å². The molecule has 0 radical (unpaired) electrons. The smallest absolute Gasteiger partial charge is 0.151 e. The van der Waals surface area contributed by atoms with Crippen LogP contribution < -0.4 is 0 Å². The summed E-state index contributed by atoms with van der Waals surface area (Å²) in [6, 6.07) is 3.97. The van der Waals surface area contributed by atoms with Gasteiger partial charge in [0.25, 0.3) is 0 Å². The van der Waals surface area contributed by atoms with Crippen molar-refractivity contribution >= 4 is 21.6 Å². The number of pyridine rings is 1. The predicted molar refractivity (Wildman–Crippen MR) is 59.0 cm³/mol. The lowest BCUT2D eigenvalue weighted by atomic mass is 10.5. The first-order valence-electron chi connectivity index (χ1n) is 4.37. The number of halogens is 1. The molecule has 2 aromatic heterocycles. The molecule has 2 nitrogen and oxygen atoms in total. The second kappa shape index (κ2) is 4.42. The van der Waals surface area contributed by atoms with Gasteiger partial charge in [0.2, 0.25) is 0 Å². The average Bonchev–Trinajstić information content (AvgIpc) is 2.51. The van der Waals surface area contributed by atoms with Gasteiger partial charge in [0.05, 0.1) is 10.2 Å². The fraction of sp³-hybridized carbons (Fsp3) is 0.300. The van der Waals surface area contributed by atoms with Crippen molar-refractivity contribution < 1.29 is 0 Å². The number of hydrogen-bond donors (Lipinski definition) is 0. The lowest BCUT2D eigenvalue weighted by molar-refractivity contribution is 1.18. The summed E-state index contributed by atoms with van der Waals surface area (Å²) < 4.78 is 3.03. The molecule has 0 aliphatic rings. The van der Waals surface area contributed by atoms with Crippen LogP contribution in [-0.4, -0.2) is 9.38 Å². The molecular weight excluding hydrogens is 228 g/mol. The number of nitrogens with zero attached hydrogens (tertiary/aromatic N) is 2. The summed E-state index contributed by atoms with van der Waals surface area (Å²) in [6.07, 6.45) is 3.99. The van der Waals surface area contributed by atoms with Crippen LogP contribution in [0.1, 0.15) is 19.5 Å². The van der Waals surface area contributed by atoms with Gasteiger partial charge < -0.3 is 4.40 Å². The Balaban J connectivity index is 0.000000396. The zero-order chi connectivity index (χ0) is 9.84. The maximum Gasteiger partial charge on any atom is 0.151 e. The van der Waals surface area contributed by atoms with Crippen LogP contribution in [-0.2, 0) is 0 Å². The molecule has 0 atom stereocenters. The number of fused-ring (bicyclic) bond motifs is 1. The van der Waals surface area contributed by atoms with Crippen LogP contribution in [0.3, 0.4) is 0 Å². The molecule has 0 N–H and O–H groups in total. The van der Waals surface area contributed by atoms with Gasteiger partial charge in [-0.05, 0) is 35.0 Å². The molecule has 0 fully saturated rings. The number of hydrogen-bond acceptors (Lipinski definition) is 1. The van der Waals surface area contributed by atoms with Crippen LogP contribution in [0.15, 0.2) is 29.0 Å². The topological polar surface area (TPSA) is 17.3 Å². The van der Waals surface area contributed by atoms with Crippen LogP contribution >= 0.6 is 15.9 Å². The third-order valence-corrected chi connectivity index (χ3v) is 2.17. The monoisotopic (exact) mass is 240 g/mol. The molecule has 2 heterocycles. The van der Waals surface area contributed by atoms with Crippen LogP contribution in [0.25, 0.3) is 5.65 Å². The summed E-state index contributed by atoms with van der Waals surface area (Å²) >= 11 is 3.43. The highest BCUT2D eigenvalue weighted by Gasteiger charge is 1.99. The summed E-state index contributed by atoms with van der Waals surface area (Å²) in [5.74, 6) is 0. The van der Waals surface area contributed by atoms with Crippen LogP contribution in [0.2, 0.25) is 0 Å². The third kappa shape index (κ3) is 2.10. The highest BCUT2D eigenvalue weighted by atomic mass is 79.9. The number of rotatable bonds is 0. The Kier molecular flexibility index (Phi) is 3.48. The first kappa shape index (κ1) is 10.3. The van der Waals surface area contributed by atoms with E-state index in [1.54, 1.807) is 0 Å². The van der Waals surface area contributed by atoms with Crippen molar-refractivity contribution in [3.63, 3.8) is 0 Å². The summed E-state index contributed by atoms with van der Waals surface area (Å²) in [6.45, 7) is 5.99. The maximum absolute atomic E-state index is 4.33. The van der Waals surface area contributed by atoms with E-state index in [4.69, 9.17) is 0 Å². The Morgan fingerprint density at radius 2 is 2.08 bits per heavy atom. The van der Waals surface area contributed by atoms with E-state index in [1.165, 1.54) is 0 Å². The Morgan fingerprint density at radius 1 is 1.38 bits per heavy atom. The molecule has 13 heavy (non-hydrogen) atoms. The summed E-state index contributed by atoms with van der Waals surface area (Å²) in [5.41, 5.74) is 2.02. The van der Waals surface area contributed by atoms with Gasteiger partial charge in [0.1, 0.15) is 0 Å². The number of aromatic nitrogens is 2. The van der Waals surface area contributed by atoms with Crippen molar-refractivity contribution in [1.29, 1.82) is 0 Å². The van der Waals surface area contributed by atoms with E-state index in [0.717, 1.165) is 15.8 Å². The van der Waals surface area contributed by atoms with Crippen molar-refractivity contribution in [3.8, 4) is 0 Å². The van der Waals surface area contributed by atoms with Gasteiger partial charge in [-0.1, -0.05) is 13.8 Å². The lowest BCUT2D eigenvalue weighted by Crippen LogP contribution is -1.80. The molecule has 70 valence electrons.